The van der Waals surface area contributed by atoms with Crippen molar-refractivity contribution in [2.45, 2.75) is 38.6 Å². The Morgan fingerprint density at radius 2 is 1.62 bits per heavy atom. The number of carbonyl (C=O) groups excluding carboxylic acids is 1. The molecule has 0 aliphatic carbocycles. The summed E-state index contributed by atoms with van der Waals surface area (Å²) in [4.78, 5) is 19.6. The Bertz CT molecular complexity index is 1070. The van der Waals surface area contributed by atoms with E-state index in [4.69, 9.17) is 0 Å². The van der Waals surface area contributed by atoms with Crippen LogP contribution >= 0.6 is 0 Å². The van der Waals surface area contributed by atoms with Gasteiger partial charge in [0, 0.05) is 38.8 Å². The molecule has 1 atom stereocenters. The maximum atomic E-state index is 13.0. The topological polar surface area (TPSA) is 52.6 Å². The number of aromatic nitrogens is 2. The second-order valence-electron chi connectivity index (χ2n) is 8.97. The van der Waals surface area contributed by atoms with Gasteiger partial charge in [-0.1, -0.05) is 42.5 Å². The van der Waals surface area contributed by atoms with Gasteiger partial charge >= 0.3 is 0 Å². The maximum absolute atomic E-state index is 13.0. The second kappa shape index (κ2) is 9.15. The molecule has 0 bridgehead atoms. The zero-order chi connectivity index (χ0) is 21.9. The fraction of sp³-hybridized carbons (Fsp3) is 0.423. The third kappa shape index (κ3) is 4.27. The summed E-state index contributed by atoms with van der Waals surface area (Å²) in [5.41, 5.74) is 1.10. The van der Waals surface area contributed by atoms with Crippen LogP contribution in [-0.4, -0.2) is 59.8 Å². The van der Waals surface area contributed by atoms with Crippen LogP contribution in [0.25, 0.3) is 10.8 Å². The van der Waals surface area contributed by atoms with Crippen molar-refractivity contribution >= 4 is 28.3 Å². The smallest absolute Gasteiger partial charge is 0.227 e. The van der Waals surface area contributed by atoms with Crippen LogP contribution in [0.5, 0.6) is 0 Å². The molecule has 3 aromatic rings. The maximum Gasteiger partial charge on any atom is 0.227 e. The summed E-state index contributed by atoms with van der Waals surface area (Å²) in [5.74, 6) is 2.07. The first-order valence-corrected chi connectivity index (χ1v) is 11.8. The largest absolute Gasteiger partial charge is 0.352 e. The molecule has 2 fully saturated rings. The summed E-state index contributed by atoms with van der Waals surface area (Å²) in [5, 5.41) is 11.4. The van der Waals surface area contributed by atoms with E-state index in [2.05, 4.69) is 63.3 Å². The number of nitrogens with zero attached hydrogens (tertiary/aromatic N) is 5. The van der Waals surface area contributed by atoms with Gasteiger partial charge in [-0.05, 0) is 54.7 Å². The van der Waals surface area contributed by atoms with Crippen molar-refractivity contribution in [2.75, 3.05) is 42.5 Å². The highest BCUT2D eigenvalue weighted by molar-refractivity contribution is 5.90. The van der Waals surface area contributed by atoms with Crippen LogP contribution in [0.4, 0.5) is 11.6 Å². The lowest BCUT2D eigenvalue weighted by molar-refractivity contribution is -0.130. The molecule has 1 aromatic heterocycles. The van der Waals surface area contributed by atoms with Gasteiger partial charge in [0.15, 0.2) is 11.6 Å². The molecule has 2 saturated heterocycles. The van der Waals surface area contributed by atoms with Crippen molar-refractivity contribution in [3.63, 3.8) is 0 Å². The number of hydrogen-bond donors (Lipinski definition) is 0. The van der Waals surface area contributed by atoms with Gasteiger partial charge in [0.1, 0.15) is 0 Å². The van der Waals surface area contributed by atoms with E-state index < -0.39 is 0 Å². The van der Waals surface area contributed by atoms with Crippen molar-refractivity contribution in [3.05, 3.63) is 60.2 Å². The predicted octanol–water partition coefficient (Wildman–Crippen LogP) is 3.90. The van der Waals surface area contributed by atoms with E-state index in [0.717, 1.165) is 49.9 Å². The zero-order valence-electron chi connectivity index (χ0n) is 18.8. The number of fused-ring (bicyclic) bond motifs is 1. The van der Waals surface area contributed by atoms with E-state index >= 15 is 0 Å². The minimum atomic E-state index is 0.196. The minimum Gasteiger partial charge on any atom is -0.352 e. The molecular weight excluding hydrogens is 398 g/mol. The Balaban J connectivity index is 1.19. The molecule has 0 spiro atoms. The average Bonchev–Trinajstić information content (AvgIpc) is 2.85. The molecule has 0 saturated carbocycles. The molecule has 0 N–H and O–H groups in total. The van der Waals surface area contributed by atoms with Crippen LogP contribution < -0.4 is 9.80 Å². The van der Waals surface area contributed by atoms with Gasteiger partial charge < -0.3 is 14.7 Å². The lowest BCUT2D eigenvalue weighted by atomic mass is 10.0. The van der Waals surface area contributed by atoms with Crippen molar-refractivity contribution < 1.29 is 4.79 Å². The van der Waals surface area contributed by atoms with Crippen molar-refractivity contribution in [2.24, 2.45) is 0 Å². The van der Waals surface area contributed by atoms with Crippen LogP contribution in [0.2, 0.25) is 0 Å². The SMILES string of the molecule is CC1CCCCN1c1ccc(N2CCN(C(=O)Cc3cccc4ccccc34)CC2)nn1. The first kappa shape index (κ1) is 20.7. The van der Waals surface area contributed by atoms with E-state index in [-0.39, 0.29) is 5.91 Å². The van der Waals surface area contributed by atoms with Crippen LogP contribution in [0.15, 0.2) is 54.6 Å². The van der Waals surface area contributed by atoms with Gasteiger partial charge in [0.2, 0.25) is 5.91 Å². The number of piperazine rings is 1. The normalized spacial score (nSPS) is 19.4. The molecule has 2 aromatic carbocycles. The number of anilines is 2. The third-order valence-corrected chi connectivity index (χ3v) is 6.91. The van der Waals surface area contributed by atoms with Crippen molar-refractivity contribution in [1.82, 2.24) is 15.1 Å². The zero-order valence-corrected chi connectivity index (χ0v) is 18.8. The van der Waals surface area contributed by atoms with E-state index in [1.807, 2.05) is 23.1 Å². The van der Waals surface area contributed by atoms with Gasteiger partial charge in [0.25, 0.3) is 0 Å². The molecule has 3 heterocycles. The van der Waals surface area contributed by atoms with Crippen LogP contribution in [0, 0.1) is 0 Å². The number of carbonyl (C=O) groups is 1. The summed E-state index contributed by atoms with van der Waals surface area (Å²) in [6, 6.07) is 19.2. The predicted molar refractivity (Wildman–Crippen MR) is 129 cm³/mol. The van der Waals surface area contributed by atoms with E-state index in [0.29, 0.717) is 12.5 Å². The van der Waals surface area contributed by atoms with Gasteiger partial charge in [-0.15, -0.1) is 10.2 Å². The first-order chi connectivity index (χ1) is 15.7. The summed E-state index contributed by atoms with van der Waals surface area (Å²) in [6.45, 7) is 6.34. The van der Waals surface area contributed by atoms with Gasteiger partial charge in [0.05, 0.1) is 6.42 Å². The molecule has 2 aliphatic rings. The Labute approximate surface area is 189 Å². The molecule has 2 aliphatic heterocycles. The van der Waals surface area contributed by atoms with Crippen molar-refractivity contribution in [1.29, 1.82) is 0 Å². The second-order valence-corrected chi connectivity index (χ2v) is 8.97. The summed E-state index contributed by atoms with van der Waals surface area (Å²) in [7, 11) is 0. The van der Waals surface area contributed by atoms with Gasteiger partial charge in [-0.2, -0.15) is 0 Å². The standard InChI is InChI=1S/C26H31N5O/c1-20-7-4-5-14-31(20)25-13-12-24(27-28-25)29-15-17-30(18-16-29)26(32)19-22-10-6-9-21-8-2-3-11-23(21)22/h2-3,6,8-13,20H,4-5,7,14-19H2,1H3. The molecule has 0 radical (unpaired) electrons. The lowest BCUT2D eigenvalue weighted by Gasteiger charge is -2.36. The summed E-state index contributed by atoms with van der Waals surface area (Å²) in [6.07, 6.45) is 4.19. The molecule has 166 valence electrons. The number of benzene rings is 2. The molecule has 1 unspecified atom stereocenters. The minimum absolute atomic E-state index is 0.196. The molecule has 5 rings (SSSR count). The van der Waals surface area contributed by atoms with E-state index in [1.54, 1.807) is 0 Å². The van der Waals surface area contributed by atoms with Crippen LogP contribution in [0.1, 0.15) is 31.7 Å². The Morgan fingerprint density at radius 1 is 0.875 bits per heavy atom. The monoisotopic (exact) mass is 429 g/mol. The van der Waals surface area contributed by atoms with Gasteiger partial charge in [-0.25, -0.2) is 0 Å². The summed E-state index contributed by atoms with van der Waals surface area (Å²) >= 11 is 0. The average molecular weight is 430 g/mol. The quantitative estimate of drug-likeness (QED) is 0.630. The number of amides is 1. The lowest BCUT2D eigenvalue weighted by Crippen LogP contribution is -2.49. The highest BCUT2D eigenvalue weighted by atomic mass is 16.2. The summed E-state index contributed by atoms with van der Waals surface area (Å²) < 4.78 is 0. The molecule has 6 nitrogen and oxygen atoms in total. The first-order valence-electron chi connectivity index (χ1n) is 11.8. The molecule has 6 heteroatoms. The van der Waals surface area contributed by atoms with Crippen LogP contribution in [-0.2, 0) is 11.2 Å². The Morgan fingerprint density at radius 3 is 2.41 bits per heavy atom. The number of rotatable bonds is 4. The van der Waals surface area contributed by atoms with Gasteiger partial charge in [-0.3, -0.25) is 4.79 Å². The highest BCUT2D eigenvalue weighted by Crippen LogP contribution is 2.24. The third-order valence-electron chi connectivity index (χ3n) is 6.91. The highest BCUT2D eigenvalue weighted by Gasteiger charge is 2.24. The number of hydrogen-bond acceptors (Lipinski definition) is 5. The van der Waals surface area contributed by atoms with E-state index in [1.165, 1.54) is 30.0 Å². The van der Waals surface area contributed by atoms with E-state index in [9.17, 15) is 4.79 Å². The molecular formula is C26H31N5O. The molecule has 32 heavy (non-hydrogen) atoms. The molecule has 1 amide bonds. The Hall–Kier alpha value is -3.15. The fourth-order valence-corrected chi connectivity index (χ4v) is 4.98. The van der Waals surface area contributed by atoms with Crippen molar-refractivity contribution in [3.8, 4) is 0 Å². The fourth-order valence-electron chi connectivity index (χ4n) is 4.98. The number of piperidine rings is 1. The van der Waals surface area contributed by atoms with Crippen LogP contribution in [0.3, 0.4) is 0 Å². The Kier molecular flexibility index (Phi) is 5.93.